The summed E-state index contributed by atoms with van der Waals surface area (Å²) in [6, 6.07) is 0.789. The van der Waals surface area contributed by atoms with Crippen molar-refractivity contribution in [2.75, 3.05) is 39.2 Å². The third kappa shape index (κ3) is 4.49. The van der Waals surface area contributed by atoms with E-state index < -0.39 is 0 Å². The molecule has 20 heavy (non-hydrogen) atoms. The maximum Gasteiger partial charge on any atom is 0.202 e. The molecule has 5 heteroatoms. The minimum atomic E-state index is 0.789. The lowest BCUT2D eigenvalue weighted by Crippen LogP contribution is -2.32. The number of anilines is 1. The van der Waals surface area contributed by atoms with E-state index in [1.807, 2.05) is 6.20 Å². The Kier molecular flexibility index (Phi) is 6.33. The molecule has 0 radical (unpaired) electrons. The second-order valence-electron chi connectivity index (χ2n) is 5.64. The summed E-state index contributed by atoms with van der Waals surface area (Å²) in [5.41, 5.74) is 0. The lowest BCUT2D eigenvalue weighted by molar-refractivity contribution is 0.197. The molecule has 1 N–H and O–H groups in total. The number of ether oxygens (including phenoxy) is 1. The fourth-order valence-electron chi connectivity index (χ4n) is 2.87. The van der Waals surface area contributed by atoms with Gasteiger partial charge in [0, 0.05) is 51.8 Å². The van der Waals surface area contributed by atoms with Crippen LogP contribution in [0.5, 0.6) is 0 Å². The van der Waals surface area contributed by atoms with Crippen molar-refractivity contribution in [2.24, 2.45) is 0 Å². The molecule has 0 aliphatic heterocycles. The molecular weight excluding hydrogens is 252 g/mol. The van der Waals surface area contributed by atoms with Crippen LogP contribution in [0.3, 0.4) is 0 Å². The van der Waals surface area contributed by atoms with E-state index >= 15 is 0 Å². The molecule has 1 heterocycles. The molecule has 0 unspecified atom stereocenters. The van der Waals surface area contributed by atoms with E-state index in [9.17, 15) is 0 Å². The number of hydrogen-bond acceptors (Lipinski definition) is 4. The first kappa shape index (κ1) is 15.3. The van der Waals surface area contributed by atoms with Gasteiger partial charge in [-0.15, -0.1) is 0 Å². The van der Waals surface area contributed by atoms with E-state index in [1.165, 1.54) is 25.7 Å². The van der Waals surface area contributed by atoms with Crippen LogP contribution in [0.15, 0.2) is 12.4 Å². The van der Waals surface area contributed by atoms with E-state index in [2.05, 4.69) is 33.0 Å². The summed E-state index contributed by atoms with van der Waals surface area (Å²) in [6.45, 7) is 3.79. The Morgan fingerprint density at radius 2 is 2.25 bits per heavy atom. The van der Waals surface area contributed by atoms with Crippen molar-refractivity contribution in [3.63, 3.8) is 0 Å². The molecule has 2 rings (SSSR count). The van der Waals surface area contributed by atoms with E-state index in [-0.39, 0.29) is 0 Å². The first-order valence-electron chi connectivity index (χ1n) is 7.75. The summed E-state index contributed by atoms with van der Waals surface area (Å²) in [5.74, 6) is 0.973. The fourth-order valence-corrected chi connectivity index (χ4v) is 2.87. The van der Waals surface area contributed by atoms with Crippen LogP contribution < -0.4 is 5.32 Å². The standard InChI is InChI=1S/C15H28N4O/c1-18(14-6-3-4-7-14)11-12-19-10-9-17-15(19)16-8-5-13-20-2/h9-10,14H,3-8,11-13H2,1-2H3,(H,16,17). The number of aromatic nitrogens is 2. The quantitative estimate of drug-likeness (QED) is 0.704. The second kappa shape index (κ2) is 8.27. The lowest BCUT2D eigenvalue weighted by atomic mass is 10.2. The maximum atomic E-state index is 5.05. The first-order chi connectivity index (χ1) is 9.81. The summed E-state index contributed by atoms with van der Waals surface area (Å²) in [7, 11) is 3.98. The third-order valence-electron chi connectivity index (χ3n) is 4.17. The van der Waals surface area contributed by atoms with Gasteiger partial charge in [-0.3, -0.25) is 0 Å². The molecule has 5 nitrogen and oxygen atoms in total. The Balaban J connectivity index is 1.73. The van der Waals surface area contributed by atoms with E-state index in [0.29, 0.717) is 0 Å². The van der Waals surface area contributed by atoms with Crippen molar-refractivity contribution in [1.82, 2.24) is 14.5 Å². The Morgan fingerprint density at radius 3 is 3.00 bits per heavy atom. The number of hydrogen-bond donors (Lipinski definition) is 1. The number of methoxy groups -OCH3 is 1. The molecule has 0 aromatic carbocycles. The highest BCUT2D eigenvalue weighted by Crippen LogP contribution is 2.22. The zero-order valence-electron chi connectivity index (χ0n) is 12.8. The lowest BCUT2D eigenvalue weighted by Gasteiger charge is -2.24. The number of imidazole rings is 1. The van der Waals surface area contributed by atoms with Gasteiger partial charge in [0.1, 0.15) is 0 Å². The molecule has 1 fully saturated rings. The molecule has 0 amide bonds. The smallest absolute Gasteiger partial charge is 0.202 e. The van der Waals surface area contributed by atoms with Crippen LogP contribution in [0.1, 0.15) is 32.1 Å². The summed E-state index contributed by atoms with van der Waals surface area (Å²) in [4.78, 5) is 6.88. The highest BCUT2D eigenvalue weighted by atomic mass is 16.5. The largest absolute Gasteiger partial charge is 0.385 e. The molecule has 1 aromatic heterocycles. The minimum Gasteiger partial charge on any atom is -0.385 e. The van der Waals surface area contributed by atoms with Crippen molar-refractivity contribution in [3.05, 3.63) is 12.4 Å². The molecule has 1 aliphatic rings. The Morgan fingerprint density at radius 1 is 1.45 bits per heavy atom. The Labute approximate surface area is 122 Å². The van der Waals surface area contributed by atoms with Crippen molar-refractivity contribution >= 4 is 5.95 Å². The fraction of sp³-hybridized carbons (Fsp3) is 0.800. The highest BCUT2D eigenvalue weighted by Gasteiger charge is 2.19. The van der Waals surface area contributed by atoms with E-state index in [0.717, 1.165) is 44.7 Å². The predicted octanol–water partition coefficient (Wildman–Crippen LogP) is 2.21. The van der Waals surface area contributed by atoms with Crippen molar-refractivity contribution < 1.29 is 4.74 Å². The third-order valence-corrected chi connectivity index (χ3v) is 4.17. The first-order valence-corrected chi connectivity index (χ1v) is 7.75. The van der Waals surface area contributed by atoms with Gasteiger partial charge in [0.05, 0.1) is 0 Å². The van der Waals surface area contributed by atoms with Crippen LogP contribution in [0, 0.1) is 0 Å². The van der Waals surface area contributed by atoms with Crippen LogP contribution in [0.25, 0.3) is 0 Å². The Bertz CT molecular complexity index is 374. The summed E-state index contributed by atoms with van der Waals surface area (Å²) < 4.78 is 7.26. The van der Waals surface area contributed by atoms with Crippen LogP contribution >= 0.6 is 0 Å². The van der Waals surface area contributed by atoms with Gasteiger partial charge in [0.25, 0.3) is 0 Å². The molecule has 0 bridgehead atoms. The van der Waals surface area contributed by atoms with Gasteiger partial charge in [-0.25, -0.2) is 4.98 Å². The zero-order chi connectivity index (χ0) is 14.2. The van der Waals surface area contributed by atoms with Gasteiger partial charge in [0.2, 0.25) is 5.95 Å². The second-order valence-corrected chi connectivity index (χ2v) is 5.64. The van der Waals surface area contributed by atoms with Gasteiger partial charge in [0.15, 0.2) is 0 Å². The molecule has 1 saturated carbocycles. The number of rotatable bonds is 9. The van der Waals surface area contributed by atoms with Crippen LogP contribution in [-0.2, 0) is 11.3 Å². The number of nitrogens with one attached hydrogen (secondary N) is 1. The van der Waals surface area contributed by atoms with Gasteiger partial charge in [-0.1, -0.05) is 12.8 Å². The topological polar surface area (TPSA) is 42.3 Å². The molecule has 1 aromatic rings. The molecule has 114 valence electrons. The van der Waals surface area contributed by atoms with Gasteiger partial charge < -0.3 is 19.5 Å². The normalized spacial score (nSPS) is 16.1. The van der Waals surface area contributed by atoms with Gasteiger partial charge >= 0.3 is 0 Å². The molecule has 0 atom stereocenters. The van der Waals surface area contributed by atoms with E-state index in [1.54, 1.807) is 7.11 Å². The van der Waals surface area contributed by atoms with Crippen LogP contribution in [0.4, 0.5) is 5.95 Å². The number of nitrogens with zero attached hydrogens (tertiary/aromatic N) is 3. The van der Waals surface area contributed by atoms with Crippen LogP contribution in [-0.4, -0.2) is 54.3 Å². The number of likely N-dealkylation sites (N-methyl/N-ethyl adjacent to an activating group) is 1. The summed E-state index contributed by atoms with van der Waals surface area (Å²) in [5, 5.41) is 3.37. The summed E-state index contributed by atoms with van der Waals surface area (Å²) >= 11 is 0. The maximum absolute atomic E-state index is 5.05. The molecular formula is C15H28N4O. The molecule has 1 aliphatic carbocycles. The molecule has 0 spiro atoms. The van der Waals surface area contributed by atoms with Crippen LogP contribution in [0.2, 0.25) is 0 Å². The monoisotopic (exact) mass is 280 g/mol. The highest BCUT2D eigenvalue weighted by molar-refractivity contribution is 5.25. The van der Waals surface area contributed by atoms with Crippen molar-refractivity contribution in [1.29, 1.82) is 0 Å². The SMILES string of the molecule is COCCCNc1nccn1CCN(C)C1CCCC1. The predicted molar refractivity (Wildman–Crippen MR) is 82.1 cm³/mol. The average Bonchev–Trinajstić information content (AvgIpc) is 3.12. The van der Waals surface area contributed by atoms with Gasteiger partial charge in [-0.2, -0.15) is 0 Å². The zero-order valence-corrected chi connectivity index (χ0v) is 12.8. The van der Waals surface area contributed by atoms with Gasteiger partial charge in [-0.05, 0) is 26.3 Å². The van der Waals surface area contributed by atoms with Crippen molar-refractivity contribution in [2.45, 2.75) is 44.7 Å². The van der Waals surface area contributed by atoms with E-state index in [4.69, 9.17) is 4.74 Å². The van der Waals surface area contributed by atoms with Crippen molar-refractivity contribution in [3.8, 4) is 0 Å². The Hall–Kier alpha value is -1.07. The average molecular weight is 280 g/mol. The molecule has 0 saturated heterocycles. The minimum absolute atomic E-state index is 0.789. The summed E-state index contributed by atoms with van der Waals surface area (Å²) in [6.07, 6.45) is 10.4.